The fourth-order valence-corrected chi connectivity index (χ4v) is 1.19. The van der Waals surface area contributed by atoms with Crippen LogP contribution in [0.5, 0.6) is 0 Å². The summed E-state index contributed by atoms with van der Waals surface area (Å²) in [5.74, 6) is -0.257. The number of nitro benzene ring substituents is 1. The molecule has 0 atom stereocenters. The second-order valence-electron chi connectivity index (χ2n) is 3.28. The van der Waals surface area contributed by atoms with Crippen molar-refractivity contribution in [3.63, 3.8) is 0 Å². The first-order valence-corrected chi connectivity index (χ1v) is 4.99. The SMILES string of the molecule is C=CCNCC(=O)Nc1cccc([N+](=O)[O-])c1. The van der Waals surface area contributed by atoms with Crippen molar-refractivity contribution in [2.24, 2.45) is 0 Å². The predicted molar refractivity (Wildman–Crippen MR) is 64.8 cm³/mol. The third kappa shape index (κ3) is 4.43. The van der Waals surface area contributed by atoms with Gasteiger partial charge in [0.05, 0.1) is 11.5 Å². The summed E-state index contributed by atoms with van der Waals surface area (Å²) in [6.45, 7) is 4.17. The Morgan fingerprint density at radius 2 is 2.29 bits per heavy atom. The molecule has 6 heteroatoms. The molecule has 17 heavy (non-hydrogen) atoms. The normalized spacial score (nSPS) is 9.65. The second-order valence-corrected chi connectivity index (χ2v) is 3.28. The molecule has 0 fully saturated rings. The minimum Gasteiger partial charge on any atom is -0.325 e. The Kier molecular flexibility index (Phi) is 4.83. The zero-order valence-corrected chi connectivity index (χ0v) is 9.18. The molecule has 1 rings (SSSR count). The molecule has 6 nitrogen and oxygen atoms in total. The number of anilines is 1. The molecule has 0 aromatic heterocycles. The summed E-state index contributed by atoms with van der Waals surface area (Å²) >= 11 is 0. The van der Waals surface area contributed by atoms with E-state index in [-0.39, 0.29) is 18.1 Å². The summed E-state index contributed by atoms with van der Waals surface area (Å²) in [6.07, 6.45) is 1.64. The smallest absolute Gasteiger partial charge is 0.271 e. The number of nitro groups is 1. The first-order chi connectivity index (χ1) is 8.13. The van der Waals surface area contributed by atoms with Crippen LogP contribution in [-0.4, -0.2) is 23.9 Å². The van der Waals surface area contributed by atoms with Crippen molar-refractivity contribution >= 4 is 17.3 Å². The summed E-state index contributed by atoms with van der Waals surface area (Å²) < 4.78 is 0. The first kappa shape index (κ1) is 12.9. The molecule has 0 bridgehead atoms. The van der Waals surface area contributed by atoms with Gasteiger partial charge in [0.1, 0.15) is 0 Å². The van der Waals surface area contributed by atoms with Gasteiger partial charge in [-0.1, -0.05) is 12.1 Å². The van der Waals surface area contributed by atoms with Gasteiger partial charge in [-0.2, -0.15) is 0 Å². The second kappa shape index (κ2) is 6.39. The summed E-state index contributed by atoms with van der Waals surface area (Å²) in [5, 5.41) is 15.9. The molecular weight excluding hydrogens is 222 g/mol. The zero-order valence-electron chi connectivity index (χ0n) is 9.18. The number of hydrogen-bond donors (Lipinski definition) is 2. The van der Waals surface area contributed by atoms with Crippen LogP contribution in [-0.2, 0) is 4.79 Å². The number of nitrogens with zero attached hydrogens (tertiary/aromatic N) is 1. The van der Waals surface area contributed by atoms with Gasteiger partial charge < -0.3 is 10.6 Å². The van der Waals surface area contributed by atoms with E-state index in [9.17, 15) is 14.9 Å². The van der Waals surface area contributed by atoms with Gasteiger partial charge in [0, 0.05) is 24.4 Å². The van der Waals surface area contributed by atoms with E-state index in [2.05, 4.69) is 17.2 Å². The average Bonchev–Trinajstić information content (AvgIpc) is 2.29. The average molecular weight is 235 g/mol. The lowest BCUT2D eigenvalue weighted by Gasteiger charge is -2.05. The lowest BCUT2D eigenvalue weighted by molar-refractivity contribution is -0.384. The van der Waals surface area contributed by atoms with Gasteiger partial charge in [-0.15, -0.1) is 6.58 Å². The molecule has 0 saturated heterocycles. The van der Waals surface area contributed by atoms with E-state index in [1.165, 1.54) is 18.2 Å². The number of benzene rings is 1. The molecule has 0 radical (unpaired) electrons. The molecule has 0 saturated carbocycles. The maximum absolute atomic E-state index is 11.4. The molecule has 1 aromatic rings. The Hall–Kier alpha value is -2.21. The molecule has 0 heterocycles. The standard InChI is InChI=1S/C11H13N3O3/c1-2-6-12-8-11(15)13-9-4-3-5-10(7-9)14(16)17/h2-5,7,12H,1,6,8H2,(H,13,15). The first-order valence-electron chi connectivity index (χ1n) is 4.99. The highest BCUT2D eigenvalue weighted by molar-refractivity contribution is 5.92. The van der Waals surface area contributed by atoms with Crippen LogP contribution in [0.25, 0.3) is 0 Å². The van der Waals surface area contributed by atoms with Crippen molar-refractivity contribution in [3.05, 3.63) is 47.0 Å². The van der Waals surface area contributed by atoms with Crippen LogP contribution in [0.2, 0.25) is 0 Å². The Bertz CT molecular complexity index is 432. The molecule has 0 spiro atoms. The van der Waals surface area contributed by atoms with E-state index in [1.54, 1.807) is 12.1 Å². The predicted octanol–water partition coefficient (Wildman–Crippen LogP) is 1.31. The van der Waals surface area contributed by atoms with Gasteiger partial charge in [-0.25, -0.2) is 0 Å². The molecule has 0 aliphatic carbocycles. The van der Waals surface area contributed by atoms with Crippen LogP contribution in [0.3, 0.4) is 0 Å². The molecule has 0 aliphatic rings. The van der Waals surface area contributed by atoms with Crippen LogP contribution in [0.1, 0.15) is 0 Å². The number of amides is 1. The van der Waals surface area contributed by atoms with Crippen molar-refractivity contribution in [3.8, 4) is 0 Å². The number of rotatable bonds is 6. The van der Waals surface area contributed by atoms with Gasteiger partial charge in [0.2, 0.25) is 5.91 Å². The third-order valence-corrected chi connectivity index (χ3v) is 1.91. The Morgan fingerprint density at radius 1 is 1.53 bits per heavy atom. The highest BCUT2D eigenvalue weighted by Crippen LogP contribution is 2.16. The number of carbonyl (C=O) groups is 1. The largest absolute Gasteiger partial charge is 0.325 e. The van der Waals surface area contributed by atoms with E-state index in [4.69, 9.17) is 0 Å². The van der Waals surface area contributed by atoms with Crippen molar-refractivity contribution in [1.82, 2.24) is 5.32 Å². The fourth-order valence-electron chi connectivity index (χ4n) is 1.19. The molecule has 0 unspecified atom stereocenters. The van der Waals surface area contributed by atoms with Gasteiger partial charge in [0.15, 0.2) is 0 Å². The highest BCUT2D eigenvalue weighted by Gasteiger charge is 2.07. The highest BCUT2D eigenvalue weighted by atomic mass is 16.6. The Labute approximate surface area is 98.5 Å². The van der Waals surface area contributed by atoms with Crippen LogP contribution in [0.15, 0.2) is 36.9 Å². The van der Waals surface area contributed by atoms with E-state index in [0.29, 0.717) is 12.2 Å². The van der Waals surface area contributed by atoms with Gasteiger partial charge >= 0.3 is 0 Å². The maximum atomic E-state index is 11.4. The van der Waals surface area contributed by atoms with Crippen LogP contribution in [0.4, 0.5) is 11.4 Å². The van der Waals surface area contributed by atoms with Crippen LogP contribution in [0, 0.1) is 10.1 Å². The minimum atomic E-state index is -0.508. The quantitative estimate of drug-likeness (QED) is 0.337. The third-order valence-electron chi connectivity index (χ3n) is 1.91. The van der Waals surface area contributed by atoms with Crippen molar-refractivity contribution in [2.45, 2.75) is 0 Å². The van der Waals surface area contributed by atoms with Gasteiger partial charge in [-0.3, -0.25) is 14.9 Å². The molecule has 2 N–H and O–H groups in total. The van der Waals surface area contributed by atoms with E-state index >= 15 is 0 Å². The Morgan fingerprint density at radius 3 is 2.94 bits per heavy atom. The molecule has 1 aromatic carbocycles. The minimum absolute atomic E-state index is 0.0538. The molecular formula is C11H13N3O3. The van der Waals surface area contributed by atoms with Crippen LogP contribution >= 0.6 is 0 Å². The zero-order chi connectivity index (χ0) is 12.7. The monoisotopic (exact) mass is 235 g/mol. The van der Waals surface area contributed by atoms with Crippen molar-refractivity contribution in [2.75, 3.05) is 18.4 Å². The summed E-state index contributed by atoms with van der Waals surface area (Å²) in [4.78, 5) is 21.4. The molecule has 90 valence electrons. The van der Waals surface area contributed by atoms with E-state index < -0.39 is 4.92 Å². The number of hydrogen-bond acceptors (Lipinski definition) is 4. The van der Waals surface area contributed by atoms with Crippen molar-refractivity contribution in [1.29, 1.82) is 0 Å². The summed E-state index contributed by atoms with van der Waals surface area (Å²) in [5.41, 5.74) is 0.353. The molecule has 1 amide bonds. The number of carbonyl (C=O) groups excluding carboxylic acids is 1. The number of nitrogens with one attached hydrogen (secondary N) is 2. The van der Waals surface area contributed by atoms with E-state index in [0.717, 1.165) is 0 Å². The summed E-state index contributed by atoms with van der Waals surface area (Å²) in [6, 6.07) is 5.79. The number of non-ortho nitro benzene ring substituents is 1. The topological polar surface area (TPSA) is 84.3 Å². The Balaban J connectivity index is 2.56. The lowest BCUT2D eigenvalue weighted by Crippen LogP contribution is -2.28. The van der Waals surface area contributed by atoms with Crippen LogP contribution < -0.4 is 10.6 Å². The summed E-state index contributed by atoms with van der Waals surface area (Å²) in [7, 11) is 0. The fraction of sp³-hybridized carbons (Fsp3) is 0.182. The van der Waals surface area contributed by atoms with Gasteiger partial charge in [0.25, 0.3) is 5.69 Å². The molecule has 0 aliphatic heterocycles. The maximum Gasteiger partial charge on any atom is 0.271 e. The van der Waals surface area contributed by atoms with E-state index in [1.807, 2.05) is 0 Å². The lowest BCUT2D eigenvalue weighted by atomic mass is 10.3. The van der Waals surface area contributed by atoms with Crippen molar-refractivity contribution < 1.29 is 9.72 Å². The van der Waals surface area contributed by atoms with Gasteiger partial charge in [-0.05, 0) is 6.07 Å².